The predicted octanol–water partition coefficient (Wildman–Crippen LogP) is 6.69. The molecule has 0 amide bonds. The van der Waals surface area contributed by atoms with E-state index in [9.17, 15) is 8.78 Å². The van der Waals surface area contributed by atoms with Crippen LogP contribution in [0.1, 0.15) is 67.7 Å². The second-order valence-corrected chi connectivity index (χ2v) is 8.55. The maximum Gasteiger partial charge on any atom is 0.139 e. The first-order valence-corrected chi connectivity index (χ1v) is 10.7. The Balaban J connectivity index is 1.47. The lowest BCUT2D eigenvalue weighted by Crippen LogP contribution is -2.26. The number of fused-ring (bicyclic) bond motifs is 1. The molecule has 28 heavy (non-hydrogen) atoms. The Labute approximate surface area is 167 Å². The van der Waals surface area contributed by atoms with Crippen LogP contribution >= 0.6 is 0 Å². The molecule has 1 unspecified atom stereocenters. The van der Waals surface area contributed by atoms with Gasteiger partial charge in [-0.3, -0.25) is 0 Å². The quantitative estimate of drug-likeness (QED) is 0.511. The third kappa shape index (κ3) is 4.30. The third-order valence-corrected chi connectivity index (χ3v) is 6.88. The van der Waals surface area contributed by atoms with E-state index in [1.54, 1.807) is 18.2 Å². The average Bonchev–Trinajstić information content (AvgIpc) is 2.73. The average molecular weight is 379 g/mol. The minimum Gasteiger partial charge on any atom is -0.207 e. The molecule has 2 heteroatoms. The standard InChI is InChI=1S/C26H28F2/c1-2-18-3-8-20(9-4-18)21-11-12-22-15-23(26(28)17-24(22)16-21)10-5-19-6-13-25(27)14-7-19/h6-7,13-15,17-18,20-21H,2-4,8-9,11-12,16H2,1H3. The number of hydrogen-bond donors (Lipinski definition) is 0. The summed E-state index contributed by atoms with van der Waals surface area (Å²) < 4.78 is 27.6. The lowest BCUT2D eigenvalue weighted by Gasteiger charge is -2.36. The van der Waals surface area contributed by atoms with Gasteiger partial charge in [0.2, 0.25) is 0 Å². The van der Waals surface area contributed by atoms with E-state index in [1.807, 2.05) is 6.07 Å². The van der Waals surface area contributed by atoms with Gasteiger partial charge in [-0.1, -0.05) is 38.0 Å². The Morgan fingerprint density at radius 2 is 1.61 bits per heavy atom. The molecule has 0 radical (unpaired) electrons. The van der Waals surface area contributed by atoms with Crippen LogP contribution in [-0.4, -0.2) is 0 Å². The number of benzene rings is 2. The van der Waals surface area contributed by atoms with Crippen molar-refractivity contribution in [3.8, 4) is 11.8 Å². The molecule has 146 valence electrons. The highest BCUT2D eigenvalue weighted by molar-refractivity contribution is 5.47. The molecule has 2 aliphatic carbocycles. The summed E-state index contributed by atoms with van der Waals surface area (Å²) in [4.78, 5) is 0. The Kier molecular flexibility index (Phi) is 5.81. The zero-order valence-electron chi connectivity index (χ0n) is 16.6. The van der Waals surface area contributed by atoms with Gasteiger partial charge in [0, 0.05) is 5.56 Å². The fourth-order valence-electron chi connectivity index (χ4n) is 5.05. The molecule has 0 saturated heterocycles. The van der Waals surface area contributed by atoms with Crippen molar-refractivity contribution in [1.29, 1.82) is 0 Å². The van der Waals surface area contributed by atoms with Gasteiger partial charge in [-0.2, -0.15) is 0 Å². The molecule has 0 heterocycles. The fourth-order valence-corrected chi connectivity index (χ4v) is 5.05. The minimum absolute atomic E-state index is 0.233. The molecule has 0 aromatic heterocycles. The molecule has 1 saturated carbocycles. The van der Waals surface area contributed by atoms with Crippen LogP contribution in [0, 0.1) is 41.2 Å². The van der Waals surface area contributed by atoms with Crippen LogP contribution in [0.5, 0.6) is 0 Å². The fraction of sp³-hybridized carbons (Fsp3) is 0.462. The van der Waals surface area contributed by atoms with E-state index in [4.69, 9.17) is 0 Å². The zero-order chi connectivity index (χ0) is 19.5. The monoisotopic (exact) mass is 378 g/mol. The van der Waals surface area contributed by atoms with Crippen molar-refractivity contribution in [2.45, 2.75) is 58.3 Å². The van der Waals surface area contributed by atoms with Crippen LogP contribution in [-0.2, 0) is 12.8 Å². The van der Waals surface area contributed by atoms with E-state index in [-0.39, 0.29) is 11.6 Å². The predicted molar refractivity (Wildman–Crippen MR) is 110 cm³/mol. The van der Waals surface area contributed by atoms with Crippen LogP contribution in [0.4, 0.5) is 8.78 Å². The van der Waals surface area contributed by atoms with Crippen molar-refractivity contribution in [3.63, 3.8) is 0 Å². The van der Waals surface area contributed by atoms with Gasteiger partial charge in [-0.15, -0.1) is 0 Å². The van der Waals surface area contributed by atoms with E-state index in [0.29, 0.717) is 17.0 Å². The van der Waals surface area contributed by atoms with Crippen molar-refractivity contribution in [2.24, 2.45) is 17.8 Å². The highest BCUT2D eigenvalue weighted by atomic mass is 19.1. The van der Waals surface area contributed by atoms with Crippen molar-refractivity contribution in [2.75, 3.05) is 0 Å². The molecule has 0 bridgehead atoms. The van der Waals surface area contributed by atoms with E-state index in [0.717, 1.165) is 24.7 Å². The largest absolute Gasteiger partial charge is 0.207 e. The Morgan fingerprint density at radius 1 is 0.857 bits per heavy atom. The topological polar surface area (TPSA) is 0 Å². The van der Waals surface area contributed by atoms with E-state index < -0.39 is 0 Å². The second kappa shape index (κ2) is 8.48. The van der Waals surface area contributed by atoms with E-state index in [1.165, 1.54) is 61.8 Å². The highest BCUT2D eigenvalue weighted by Gasteiger charge is 2.30. The van der Waals surface area contributed by atoms with Crippen LogP contribution in [0.2, 0.25) is 0 Å². The summed E-state index contributed by atoms with van der Waals surface area (Å²) in [5.74, 6) is 7.81. The summed E-state index contributed by atoms with van der Waals surface area (Å²) in [6.45, 7) is 2.31. The van der Waals surface area contributed by atoms with Gasteiger partial charge < -0.3 is 0 Å². The normalized spacial score (nSPS) is 24.2. The molecule has 0 spiro atoms. The van der Waals surface area contributed by atoms with Gasteiger partial charge in [0.15, 0.2) is 0 Å². The summed E-state index contributed by atoms with van der Waals surface area (Å²) in [6, 6.07) is 9.65. The SMILES string of the molecule is CCC1CCC(C2CCc3cc(C#Cc4ccc(F)cc4)c(F)cc3C2)CC1. The van der Waals surface area contributed by atoms with Crippen molar-refractivity contribution >= 4 is 0 Å². The van der Waals surface area contributed by atoms with E-state index >= 15 is 0 Å². The highest BCUT2D eigenvalue weighted by Crippen LogP contribution is 2.40. The van der Waals surface area contributed by atoms with Gasteiger partial charge in [0.25, 0.3) is 0 Å². The summed E-state index contributed by atoms with van der Waals surface area (Å²) >= 11 is 0. The number of rotatable bonds is 2. The number of halogens is 2. The molecule has 2 aliphatic rings. The van der Waals surface area contributed by atoms with Gasteiger partial charge in [0.05, 0.1) is 5.56 Å². The molecular formula is C26H28F2. The van der Waals surface area contributed by atoms with E-state index in [2.05, 4.69) is 18.8 Å². The minimum atomic E-state index is -0.289. The van der Waals surface area contributed by atoms with Crippen molar-refractivity contribution in [1.82, 2.24) is 0 Å². The maximum atomic E-state index is 14.6. The molecule has 1 fully saturated rings. The first kappa shape index (κ1) is 19.2. The molecule has 2 aromatic rings. The Hall–Kier alpha value is -2.14. The molecule has 0 N–H and O–H groups in total. The smallest absolute Gasteiger partial charge is 0.139 e. The lowest BCUT2D eigenvalue weighted by atomic mass is 9.69. The first-order valence-electron chi connectivity index (χ1n) is 10.7. The van der Waals surface area contributed by atoms with Gasteiger partial charge in [-0.05, 0) is 97.4 Å². The second-order valence-electron chi connectivity index (χ2n) is 8.55. The molecular weight excluding hydrogens is 350 g/mol. The summed E-state index contributed by atoms with van der Waals surface area (Å²) in [5, 5.41) is 0. The molecule has 2 aromatic carbocycles. The summed E-state index contributed by atoms with van der Waals surface area (Å²) in [6.07, 6.45) is 10.0. The summed E-state index contributed by atoms with van der Waals surface area (Å²) in [5.41, 5.74) is 3.58. The molecule has 4 rings (SSSR count). The Morgan fingerprint density at radius 3 is 2.32 bits per heavy atom. The van der Waals surface area contributed by atoms with Gasteiger partial charge in [0.1, 0.15) is 11.6 Å². The summed E-state index contributed by atoms with van der Waals surface area (Å²) in [7, 11) is 0. The maximum absolute atomic E-state index is 14.6. The molecule has 0 aliphatic heterocycles. The first-order chi connectivity index (χ1) is 13.6. The number of hydrogen-bond acceptors (Lipinski definition) is 0. The zero-order valence-corrected chi connectivity index (χ0v) is 16.6. The third-order valence-electron chi connectivity index (χ3n) is 6.88. The van der Waals surface area contributed by atoms with Crippen molar-refractivity contribution < 1.29 is 8.78 Å². The number of aryl methyl sites for hydroxylation is 1. The van der Waals surface area contributed by atoms with Crippen LogP contribution in [0.15, 0.2) is 36.4 Å². The van der Waals surface area contributed by atoms with Gasteiger partial charge in [-0.25, -0.2) is 8.78 Å². The van der Waals surface area contributed by atoms with Crippen LogP contribution in [0.3, 0.4) is 0 Å². The van der Waals surface area contributed by atoms with Crippen LogP contribution in [0.25, 0.3) is 0 Å². The van der Waals surface area contributed by atoms with Crippen LogP contribution < -0.4 is 0 Å². The lowest BCUT2D eigenvalue weighted by molar-refractivity contribution is 0.187. The molecule has 1 atom stereocenters. The van der Waals surface area contributed by atoms with Gasteiger partial charge >= 0.3 is 0 Å². The Bertz CT molecular complexity index is 877. The van der Waals surface area contributed by atoms with Crippen molar-refractivity contribution in [3.05, 3.63) is 70.3 Å². The molecule has 0 nitrogen and oxygen atoms in total.